The van der Waals surface area contributed by atoms with E-state index in [0.717, 1.165) is 0 Å². The number of nitrogens with one attached hydrogen (secondary N) is 2. The van der Waals surface area contributed by atoms with Crippen LogP contribution in [0.4, 0.5) is 16.2 Å². The van der Waals surface area contributed by atoms with Crippen molar-refractivity contribution in [3.8, 4) is 0 Å². The van der Waals surface area contributed by atoms with Crippen molar-refractivity contribution in [3.63, 3.8) is 0 Å². The monoisotopic (exact) mass is 474 g/mol. The van der Waals surface area contributed by atoms with E-state index in [1.54, 1.807) is 20.9 Å². The molecule has 5 N–H and O–H groups in total. The van der Waals surface area contributed by atoms with E-state index in [2.05, 4.69) is 25.4 Å². The van der Waals surface area contributed by atoms with Crippen LogP contribution in [0.3, 0.4) is 0 Å². The van der Waals surface area contributed by atoms with Gasteiger partial charge in [0.25, 0.3) is 0 Å². The Morgan fingerprint density at radius 2 is 2.16 bits per heavy atom. The fourth-order valence-electron chi connectivity index (χ4n) is 3.08. The third-order valence-corrected chi connectivity index (χ3v) is 5.59. The average molecular weight is 474 g/mol. The van der Waals surface area contributed by atoms with Crippen molar-refractivity contribution in [2.45, 2.75) is 57.5 Å². The Hall–Kier alpha value is -2.51. The number of aromatic nitrogens is 4. The van der Waals surface area contributed by atoms with Crippen molar-refractivity contribution in [2.24, 2.45) is 0 Å². The van der Waals surface area contributed by atoms with Crippen molar-refractivity contribution in [3.05, 3.63) is 6.33 Å². The zero-order chi connectivity index (χ0) is 23.6. The Balaban J connectivity index is 1.65. The third-order valence-electron chi connectivity index (χ3n) is 4.60. The number of nitrogen functional groups attached to an aromatic ring is 1. The van der Waals surface area contributed by atoms with Gasteiger partial charge in [-0.1, -0.05) is 5.09 Å². The van der Waals surface area contributed by atoms with Gasteiger partial charge in [-0.3, -0.25) is 9.36 Å². The molecule has 0 aliphatic carbocycles. The normalized spacial score (nSPS) is 24.7. The second-order valence-corrected chi connectivity index (χ2v) is 8.42. The van der Waals surface area contributed by atoms with Crippen LogP contribution in [0.1, 0.15) is 27.0 Å². The molecule has 0 bridgehead atoms. The Bertz CT molecular complexity index is 992. The number of alkyl halides is 1. The fourth-order valence-corrected chi connectivity index (χ4v) is 3.86. The maximum absolute atomic E-state index is 14.8. The van der Waals surface area contributed by atoms with Gasteiger partial charge in [-0.2, -0.15) is 9.97 Å². The lowest BCUT2D eigenvalue weighted by Crippen LogP contribution is -2.34. The summed E-state index contributed by atoms with van der Waals surface area (Å²) >= 11 is 0. The number of nitrogens with zero attached hydrogens (tertiary/aromatic N) is 4. The van der Waals surface area contributed by atoms with Crippen LogP contribution in [0.25, 0.3) is 11.2 Å². The van der Waals surface area contributed by atoms with Crippen molar-refractivity contribution >= 4 is 37.1 Å². The van der Waals surface area contributed by atoms with Gasteiger partial charge >= 0.3 is 14.1 Å². The molecule has 1 aliphatic rings. The largest absolute Gasteiger partial charge is 0.613 e. The van der Waals surface area contributed by atoms with E-state index in [0.29, 0.717) is 11.3 Å². The molecule has 13 nitrogen and oxygen atoms in total. The van der Waals surface area contributed by atoms with Crippen molar-refractivity contribution in [1.29, 1.82) is 0 Å². The highest BCUT2D eigenvalue weighted by Crippen LogP contribution is 2.35. The zero-order valence-electron chi connectivity index (χ0n) is 17.9. The van der Waals surface area contributed by atoms with Gasteiger partial charge in [0.2, 0.25) is 5.95 Å². The summed E-state index contributed by atoms with van der Waals surface area (Å²) in [5.74, 6) is -0.291. The van der Waals surface area contributed by atoms with Crippen LogP contribution >= 0.6 is 8.18 Å². The molecule has 0 aromatic carbocycles. The highest BCUT2D eigenvalue weighted by molar-refractivity contribution is 7.36. The van der Waals surface area contributed by atoms with E-state index in [1.807, 2.05) is 0 Å². The molecule has 1 aliphatic heterocycles. The number of hydrogen-bond acceptors (Lipinski definition) is 11. The number of rotatable bonds is 9. The summed E-state index contributed by atoms with van der Waals surface area (Å²) in [5.41, 5.74) is 6.27. The summed E-state index contributed by atoms with van der Waals surface area (Å²) in [6, 6.07) is -0.888. The van der Waals surface area contributed by atoms with Gasteiger partial charge in [0.15, 0.2) is 29.4 Å². The first-order valence-corrected chi connectivity index (χ1v) is 11.0. The minimum absolute atomic E-state index is 0.0504. The Kier molecular flexibility index (Phi) is 7.51. The number of fused-ring (bicyclic) bond motifs is 1. The molecule has 1 saturated heterocycles. The molecular weight excluding hydrogens is 448 g/mol. The molecule has 3 heterocycles. The van der Waals surface area contributed by atoms with Gasteiger partial charge < -0.3 is 25.6 Å². The summed E-state index contributed by atoms with van der Waals surface area (Å²) in [5, 5.41) is 15.5. The van der Waals surface area contributed by atoms with Crippen LogP contribution in [0.5, 0.6) is 0 Å². The van der Waals surface area contributed by atoms with E-state index in [4.69, 9.17) is 19.7 Å². The van der Waals surface area contributed by atoms with E-state index < -0.39 is 51.4 Å². The van der Waals surface area contributed by atoms with Crippen LogP contribution in [-0.2, 0) is 23.4 Å². The lowest BCUT2D eigenvalue weighted by Gasteiger charge is -2.15. The van der Waals surface area contributed by atoms with Crippen LogP contribution in [0.2, 0.25) is 0 Å². The number of aliphatic hydroxyl groups excluding tert-OH is 1. The molecule has 2 aromatic heterocycles. The Morgan fingerprint density at radius 1 is 1.44 bits per heavy atom. The molecule has 3 rings (SSSR count). The van der Waals surface area contributed by atoms with Crippen molar-refractivity contribution < 1.29 is 32.9 Å². The number of anilines is 2. The van der Waals surface area contributed by atoms with Crippen LogP contribution in [0.15, 0.2) is 6.33 Å². The number of ether oxygens (including phenoxy) is 2. The molecule has 15 heteroatoms. The lowest BCUT2D eigenvalue weighted by atomic mass is 10.1. The number of halogens is 1. The summed E-state index contributed by atoms with van der Waals surface area (Å²) < 4.78 is 44.0. The van der Waals surface area contributed by atoms with Gasteiger partial charge in [0, 0.05) is 7.05 Å². The number of carbonyl (C=O) groups is 1. The number of imidazole rings is 1. The van der Waals surface area contributed by atoms with Crippen LogP contribution in [-0.4, -0.2) is 74.8 Å². The zero-order valence-corrected chi connectivity index (χ0v) is 18.8. The molecule has 0 radical (unpaired) electrons. The number of hydrogen-bond donors (Lipinski definition) is 4. The number of nitrogens with two attached hydrogens (primary N) is 1. The molecule has 2 aromatic rings. The smallest absolute Gasteiger partial charge is 0.462 e. The van der Waals surface area contributed by atoms with Crippen molar-refractivity contribution in [1.82, 2.24) is 24.6 Å². The van der Waals surface area contributed by atoms with Gasteiger partial charge in [-0.25, -0.2) is 9.37 Å². The molecule has 0 saturated carbocycles. The van der Waals surface area contributed by atoms with Gasteiger partial charge in [-0.05, 0) is 25.3 Å². The van der Waals surface area contributed by atoms with Gasteiger partial charge in [0.05, 0.1) is 12.4 Å². The standard InChI is InChI=1S/C17H26FN7O6P/c1-7(2)30-16(27)8(3)24-32(28)29-5-9-12(26)10(18)15(31-9)25-6-21-11-13(20-4)22-17(19)23-14(11)25/h6-10,12,15,26H,5H2,1-4H3,(H,24,28)(H3,19,20,22,23)/q+1/t8-,9+,10+,12+,15+/m0/s1. The first kappa shape index (κ1) is 24.1. The summed E-state index contributed by atoms with van der Waals surface area (Å²) in [7, 11) is -0.879. The molecular formula is C17H26FN7O6P+. The molecule has 0 spiro atoms. The number of carbonyl (C=O) groups excluding carboxylic acids is 1. The molecule has 1 unspecified atom stereocenters. The summed E-state index contributed by atoms with van der Waals surface area (Å²) in [6.45, 7) is 4.45. The maximum Gasteiger partial charge on any atom is 0.613 e. The molecule has 32 heavy (non-hydrogen) atoms. The second-order valence-electron chi connectivity index (χ2n) is 7.39. The Morgan fingerprint density at radius 3 is 2.81 bits per heavy atom. The van der Waals surface area contributed by atoms with E-state index in [-0.39, 0.29) is 17.7 Å². The van der Waals surface area contributed by atoms with Gasteiger partial charge in [-0.15, -0.1) is 4.52 Å². The number of esters is 1. The first-order valence-electron chi connectivity index (χ1n) is 9.84. The Labute approximate surface area is 183 Å². The fraction of sp³-hybridized carbons (Fsp3) is 0.647. The highest BCUT2D eigenvalue weighted by atomic mass is 31.1. The SMILES string of the molecule is CNc1nc(N)nc2c1ncn2[C@@H]1O[C@H](CO[P+](=O)N[C@@H](C)C(=O)OC(C)C)[C@@H](O)[C@H]1F. The summed E-state index contributed by atoms with van der Waals surface area (Å²) in [6.07, 6.45) is -4.83. The molecule has 176 valence electrons. The van der Waals surface area contributed by atoms with E-state index in [9.17, 15) is 18.9 Å². The molecule has 6 atom stereocenters. The summed E-state index contributed by atoms with van der Waals surface area (Å²) in [4.78, 5) is 24.0. The third kappa shape index (κ3) is 5.10. The maximum atomic E-state index is 14.8. The average Bonchev–Trinajstić information content (AvgIpc) is 3.26. The predicted molar refractivity (Wildman–Crippen MR) is 111 cm³/mol. The van der Waals surface area contributed by atoms with Crippen LogP contribution < -0.4 is 16.1 Å². The predicted octanol–water partition coefficient (Wildman–Crippen LogP) is 0.650. The highest BCUT2D eigenvalue weighted by Gasteiger charge is 2.47. The minimum Gasteiger partial charge on any atom is -0.462 e. The van der Waals surface area contributed by atoms with E-state index in [1.165, 1.54) is 17.8 Å². The van der Waals surface area contributed by atoms with E-state index >= 15 is 0 Å². The molecule has 0 amide bonds. The quantitative estimate of drug-likeness (QED) is 0.295. The van der Waals surface area contributed by atoms with Gasteiger partial charge in [0.1, 0.15) is 24.9 Å². The lowest BCUT2D eigenvalue weighted by molar-refractivity contribution is -0.149. The van der Waals surface area contributed by atoms with Crippen molar-refractivity contribution in [2.75, 3.05) is 24.7 Å². The minimum atomic E-state index is -2.50. The second kappa shape index (κ2) is 9.96. The van der Waals surface area contributed by atoms with Crippen LogP contribution in [0, 0.1) is 0 Å². The molecule has 1 fully saturated rings. The first-order chi connectivity index (χ1) is 15.1. The topological polar surface area (TPSA) is 176 Å². The number of aliphatic hydroxyl groups is 1.